The van der Waals surface area contributed by atoms with Gasteiger partial charge in [-0.25, -0.2) is 0 Å². The van der Waals surface area contributed by atoms with Crippen LogP contribution in [0.25, 0.3) is 0 Å². The van der Waals surface area contributed by atoms with Gasteiger partial charge in [0.25, 0.3) is 0 Å². The number of aliphatic hydroxyl groups is 4. The molecule has 1 rings (SSSR count). The van der Waals surface area contributed by atoms with Crippen LogP contribution < -0.4 is 0 Å². The van der Waals surface area contributed by atoms with Crippen molar-refractivity contribution in [3.8, 4) is 0 Å². The molecule has 1 fully saturated rings. The number of hydrogen-bond acceptors (Lipinski definition) is 6. The smallest absolute Gasteiger partial charge is 0.194 e. The third kappa shape index (κ3) is 1.77. The molecule has 5 atom stereocenters. The molecule has 1 saturated heterocycles. The Labute approximate surface area is 81.7 Å². The number of rotatable bonds is 2. The lowest BCUT2D eigenvalue weighted by Gasteiger charge is -2.45. The highest BCUT2D eigenvalue weighted by atomic mass is 16.7. The lowest BCUT2D eigenvalue weighted by Crippen LogP contribution is -2.64. The van der Waals surface area contributed by atoms with Gasteiger partial charge in [0.05, 0.1) is 6.61 Å². The molecule has 0 aromatic rings. The molecule has 0 saturated carbocycles. The van der Waals surface area contributed by atoms with Gasteiger partial charge >= 0.3 is 0 Å². The van der Waals surface area contributed by atoms with Crippen LogP contribution in [0.15, 0.2) is 0 Å². The molecular formula is C8H16O6. The summed E-state index contributed by atoms with van der Waals surface area (Å²) in [5.74, 6) is -1.41. The van der Waals surface area contributed by atoms with E-state index in [4.69, 9.17) is 14.6 Å². The van der Waals surface area contributed by atoms with E-state index >= 15 is 0 Å². The molecule has 1 heterocycles. The molecule has 0 amide bonds. The number of hydrogen-bond donors (Lipinski definition) is 4. The predicted octanol–water partition coefficient (Wildman–Crippen LogP) is -2.18. The summed E-state index contributed by atoms with van der Waals surface area (Å²) >= 11 is 0. The second kappa shape index (κ2) is 4.09. The van der Waals surface area contributed by atoms with E-state index in [0.717, 1.165) is 0 Å². The van der Waals surface area contributed by atoms with Gasteiger partial charge in [0, 0.05) is 7.11 Å². The summed E-state index contributed by atoms with van der Waals surface area (Å²) in [5, 5.41) is 37.2. The fourth-order valence-corrected chi connectivity index (χ4v) is 1.47. The molecule has 1 aliphatic rings. The van der Waals surface area contributed by atoms with Gasteiger partial charge in [-0.3, -0.25) is 0 Å². The van der Waals surface area contributed by atoms with Crippen molar-refractivity contribution in [3.63, 3.8) is 0 Å². The normalized spacial score (nSPS) is 49.3. The molecule has 0 radical (unpaired) electrons. The highest BCUT2D eigenvalue weighted by molar-refractivity contribution is 4.94. The first kappa shape index (κ1) is 11.8. The molecule has 0 spiro atoms. The van der Waals surface area contributed by atoms with Crippen LogP contribution in [0.3, 0.4) is 0 Å². The Morgan fingerprint density at radius 3 is 2.29 bits per heavy atom. The Hall–Kier alpha value is -0.240. The highest BCUT2D eigenvalue weighted by Crippen LogP contribution is 2.29. The van der Waals surface area contributed by atoms with Crippen LogP contribution >= 0.6 is 0 Å². The van der Waals surface area contributed by atoms with E-state index in [1.165, 1.54) is 14.0 Å². The Bertz CT molecular complexity index is 196. The molecule has 14 heavy (non-hydrogen) atoms. The molecule has 6 nitrogen and oxygen atoms in total. The zero-order valence-electron chi connectivity index (χ0n) is 8.12. The maximum absolute atomic E-state index is 9.54. The molecular weight excluding hydrogens is 192 g/mol. The van der Waals surface area contributed by atoms with Crippen LogP contribution in [0, 0.1) is 0 Å². The van der Waals surface area contributed by atoms with E-state index in [2.05, 4.69) is 0 Å². The van der Waals surface area contributed by atoms with E-state index in [-0.39, 0.29) is 0 Å². The monoisotopic (exact) mass is 208 g/mol. The molecule has 0 unspecified atom stereocenters. The van der Waals surface area contributed by atoms with Crippen molar-refractivity contribution in [2.24, 2.45) is 0 Å². The lowest BCUT2D eigenvalue weighted by molar-refractivity contribution is -0.349. The van der Waals surface area contributed by atoms with Gasteiger partial charge in [-0.1, -0.05) is 0 Å². The van der Waals surface area contributed by atoms with Crippen molar-refractivity contribution in [3.05, 3.63) is 0 Å². The fourth-order valence-electron chi connectivity index (χ4n) is 1.47. The van der Waals surface area contributed by atoms with Gasteiger partial charge in [0.2, 0.25) is 0 Å². The van der Waals surface area contributed by atoms with Crippen molar-refractivity contribution < 1.29 is 29.9 Å². The average molecular weight is 208 g/mol. The largest absolute Gasteiger partial charge is 0.394 e. The van der Waals surface area contributed by atoms with Gasteiger partial charge < -0.3 is 29.9 Å². The summed E-state index contributed by atoms with van der Waals surface area (Å²) in [6.45, 7) is 0.972. The third-order valence-corrected chi connectivity index (χ3v) is 2.56. The zero-order chi connectivity index (χ0) is 10.9. The van der Waals surface area contributed by atoms with Crippen molar-refractivity contribution in [2.75, 3.05) is 13.7 Å². The Kier molecular flexibility index (Phi) is 3.46. The van der Waals surface area contributed by atoms with E-state index in [1.54, 1.807) is 0 Å². The third-order valence-electron chi connectivity index (χ3n) is 2.56. The van der Waals surface area contributed by atoms with Gasteiger partial charge in [0.1, 0.15) is 24.4 Å². The second-order valence-corrected chi connectivity index (χ2v) is 3.48. The average Bonchev–Trinajstić information content (AvgIpc) is 2.20. The summed E-state index contributed by atoms with van der Waals surface area (Å²) in [7, 11) is 1.31. The highest BCUT2D eigenvalue weighted by Gasteiger charge is 2.50. The van der Waals surface area contributed by atoms with Crippen molar-refractivity contribution in [1.29, 1.82) is 0 Å². The molecule has 6 heteroatoms. The maximum Gasteiger partial charge on any atom is 0.194 e. The summed E-state index contributed by atoms with van der Waals surface area (Å²) < 4.78 is 10.0. The number of ether oxygens (including phenoxy) is 2. The first-order chi connectivity index (χ1) is 6.46. The standard InChI is InChI=1S/C8H16O6/c1-8(13-2)7(12)6(11)5(10)4(3-9)14-8/h4-7,9-12H,3H2,1-2H3/t4-,5-,6+,7-,8+/m1/s1. The van der Waals surface area contributed by atoms with Crippen molar-refractivity contribution in [1.82, 2.24) is 0 Å². The number of aliphatic hydroxyl groups excluding tert-OH is 4. The van der Waals surface area contributed by atoms with E-state index in [1.807, 2.05) is 0 Å². The number of methoxy groups -OCH3 is 1. The lowest BCUT2D eigenvalue weighted by atomic mass is 9.93. The topological polar surface area (TPSA) is 99.4 Å². The van der Waals surface area contributed by atoms with Gasteiger partial charge in [-0.05, 0) is 6.92 Å². The molecule has 0 aromatic heterocycles. The van der Waals surface area contributed by atoms with Crippen LogP contribution in [0.2, 0.25) is 0 Å². The summed E-state index contributed by atoms with van der Waals surface area (Å²) in [4.78, 5) is 0. The zero-order valence-corrected chi connectivity index (χ0v) is 8.12. The summed E-state index contributed by atoms with van der Waals surface area (Å²) in [6.07, 6.45) is -5.03. The summed E-state index contributed by atoms with van der Waals surface area (Å²) in [5.41, 5.74) is 0. The minimum atomic E-state index is -1.41. The predicted molar refractivity (Wildman–Crippen MR) is 45.4 cm³/mol. The van der Waals surface area contributed by atoms with E-state index in [9.17, 15) is 15.3 Å². The van der Waals surface area contributed by atoms with Crippen molar-refractivity contribution in [2.45, 2.75) is 37.1 Å². The second-order valence-electron chi connectivity index (χ2n) is 3.48. The molecule has 0 bridgehead atoms. The molecule has 1 aliphatic heterocycles. The van der Waals surface area contributed by atoms with Gasteiger partial charge in [-0.2, -0.15) is 0 Å². The SMILES string of the molecule is CO[C@@]1(C)O[C@H](CO)[C@@H](O)[C@H](O)[C@H]1O. The molecule has 4 N–H and O–H groups in total. The van der Waals surface area contributed by atoms with Crippen molar-refractivity contribution >= 4 is 0 Å². The summed E-state index contributed by atoms with van der Waals surface area (Å²) in [6, 6.07) is 0. The quantitative estimate of drug-likeness (QED) is 0.412. The first-order valence-electron chi connectivity index (χ1n) is 4.34. The Balaban J connectivity index is 2.84. The van der Waals surface area contributed by atoms with Crippen LogP contribution in [-0.2, 0) is 9.47 Å². The molecule has 0 aromatic carbocycles. The molecule has 0 aliphatic carbocycles. The van der Waals surface area contributed by atoms with Gasteiger partial charge in [-0.15, -0.1) is 0 Å². The first-order valence-corrected chi connectivity index (χ1v) is 4.34. The molecule has 84 valence electrons. The van der Waals surface area contributed by atoms with Gasteiger partial charge in [0.15, 0.2) is 5.79 Å². The minimum Gasteiger partial charge on any atom is -0.394 e. The Morgan fingerprint density at radius 2 is 1.86 bits per heavy atom. The minimum absolute atomic E-state index is 0.454. The van der Waals surface area contributed by atoms with Crippen LogP contribution in [0.5, 0.6) is 0 Å². The van der Waals surface area contributed by atoms with Crippen LogP contribution in [0.1, 0.15) is 6.92 Å². The Morgan fingerprint density at radius 1 is 1.29 bits per heavy atom. The van der Waals surface area contributed by atoms with E-state index < -0.39 is 36.8 Å². The fraction of sp³-hybridized carbons (Fsp3) is 1.00. The van der Waals surface area contributed by atoms with Crippen LogP contribution in [0.4, 0.5) is 0 Å². The van der Waals surface area contributed by atoms with Crippen LogP contribution in [-0.4, -0.2) is 64.3 Å². The maximum atomic E-state index is 9.54. The van der Waals surface area contributed by atoms with E-state index in [0.29, 0.717) is 0 Å².